The molecule has 1 aromatic carbocycles. The molecule has 0 unspecified atom stereocenters. The van der Waals surface area contributed by atoms with Crippen LogP contribution < -0.4 is 0 Å². The molecule has 0 aliphatic heterocycles. The highest BCUT2D eigenvalue weighted by Gasteiger charge is 2.01. The minimum atomic E-state index is 0.478. The Hall–Kier alpha value is -2.28. The summed E-state index contributed by atoms with van der Waals surface area (Å²) in [5.41, 5.74) is 1.76. The van der Waals surface area contributed by atoms with E-state index in [-0.39, 0.29) is 0 Å². The zero-order chi connectivity index (χ0) is 11.1. The van der Waals surface area contributed by atoms with Gasteiger partial charge in [0, 0.05) is 0 Å². The van der Waals surface area contributed by atoms with Crippen molar-refractivity contribution >= 4 is 23.5 Å². The van der Waals surface area contributed by atoms with Crippen LogP contribution in [0.2, 0.25) is 0 Å². The highest BCUT2D eigenvalue weighted by Crippen LogP contribution is 2.24. The van der Waals surface area contributed by atoms with E-state index in [2.05, 4.69) is 16.6 Å². The second-order valence-corrected chi connectivity index (χ2v) is 2.71. The van der Waals surface area contributed by atoms with Crippen LogP contribution in [0.4, 0.5) is 11.4 Å². The molecule has 4 heteroatoms. The molecule has 0 spiro atoms. The lowest BCUT2D eigenvalue weighted by Crippen LogP contribution is -1.81. The maximum Gasteiger partial charge on any atom is 0.240 e. The molecule has 0 atom stereocenters. The van der Waals surface area contributed by atoms with Crippen LogP contribution in [-0.2, 0) is 16.0 Å². The molecule has 0 amide bonds. The van der Waals surface area contributed by atoms with Crippen molar-refractivity contribution < 1.29 is 9.59 Å². The second kappa shape index (κ2) is 5.45. The van der Waals surface area contributed by atoms with Crippen molar-refractivity contribution in [2.24, 2.45) is 9.98 Å². The first-order valence-corrected chi connectivity index (χ1v) is 4.21. The van der Waals surface area contributed by atoms with Crippen molar-refractivity contribution in [3.05, 3.63) is 36.4 Å². The number of allylic oxidation sites excluding steroid dienone is 1. The fourth-order valence-corrected chi connectivity index (χ4v) is 1.17. The zero-order valence-electron chi connectivity index (χ0n) is 7.93. The largest absolute Gasteiger partial charge is 0.240 e. The molecule has 0 aliphatic rings. The molecule has 0 radical (unpaired) electrons. The molecule has 0 bridgehead atoms. The van der Waals surface area contributed by atoms with Crippen molar-refractivity contribution in [2.45, 2.75) is 6.42 Å². The van der Waals surface area contributed by atoms with Crippen molar-refractivity contribution in [2.75, 3.05) is 0 Å². The van der Waals surface area contributed by atoms with Gasteiger partial charge in [-0.1, -0.05) is 6.08 Å². The topological polar surface area (TPSA) is 58.9 Å². The zero-order valence-corrected chi connectivity index (χ0v) is 7.93. The Bertz CT molecular complexity index is 467. The first kappa shape index (κ1) is 10.8. The molecule has 0 N–H and O–H groups in total. The van der Waals surface area contributed by atoms with Crippen LogP contribution in [0, 0.1) is 0 Å². The summed E-state index contributed by atoms with van der Waals surface area (Å²) in [7, 11) is 0. The van der Waals surface area contributed by atoms with Gasteiger partial charge in [-0.2, -0.15) is 9.98 Å². The summed E-state index contributed by atoms with van der Waals surface area (Å²) >= 11 is 0. The van der Waals surface area contributed by atoms with Crippen LogP contribution in [0.25, 0.3) is 0 Å². The van der Waals surface area contributed by atoms with Crippen LogP contribution >= 0.6 is 0 Å². The van der Waals surface area contributed by atoms with Crippen molar-refractivity contribution in [3.63, 3.8) is 0 Å². The molecular weight excluding hydrogens is 192 g/mol. The summed E-state index contributed by atoms with van der Waals surface area (Å²) in [5.74, 6) is 0. The molecule has 0 saturated carbocycles. The summed E-state index contributed by atoms with van der Waals surface area (Å²) in [6.45, 7) is 3.58. The van der Waals surface area contributed by atoms with E-state index < -0.39 is 0 Å². The van der Waals surface area contributed by atoms with Crippen LogP contribution in [0.15, 0.2) is 40.8 Å². The molecule has 0 saturated heterocycles. The van der Waals surface area contributed by atoms with E-state index >= 15 is 0 Å². The number of carbonyl (C=O) groups excluding carboxylic acids is 2. The summed E-state index contributed by atoms with van der Waals surface area (Å²) < 4.78 is 0. The number of rotatable bonds is 4. The fraction of sp³-hybridized carbons (Fsp3) is 0.0909. The van der Waals surface area contributed by atoms with Gasteiger partial charge in [-0.05, 0) is 30.2 Å². The van der Waals surface area contributed by atoms with Crippen molar-refractivity contribution in [3.8, 4) is 0 Å². The fourth-order valence-electron chi connectivity index (χ4n) is 1.17. The van der Waals surface area contributed by atoms with Gasteiger partial charge < -0.3 is 0 Å². The predicted molar refractivity (Wildman–Crippen MR) is 55.9 cm³/mol. The minimum Gasteiger partial charge on any atom is -0.211 e. The lowest BCUT2D eigenvalue weighted by atomic mass is 10.1. The third-order valence-electron chi connectivity index (χ3n) is 1.77. The SMILES string of the molecule is C=CCc1cc(N=C=O)ccc1N=C=O. The van der Waals surface area contributed by atoms with Gasteiger partial charge in [0.05, 0.1) is 11.4 Å². The Labute approximate surface area is 86.7 Å². The van der Waals surface area contributed by atoms with Gasteiger partial charge in [0.25, 0.3) is 0 Å². The number of nitrogens with zero attached hydrogens (tertiary/aromatic N) is 2. The molecule has 4 nitrogen and oxygen atoms in total. The lowest BCUT2D eigenvalue weighted by Gasteiger charge is -2.01. The van der Waals surface area contributed by atoms with E-state index in [0.29, 0.717) is 17.8 Å². The Morgan fingerprint density at radius 2 is 2.00 bits per heavy atom. The van der Waals surface area contributed by atoms with E-state index in [4.69, 9.17) is 0 Å². The molecule has 15 heavy (non-hydrogen) atoms. The Morgan fingerprint density at radius 1 is 1.27 bits per heavy atom. The van der Waals surface area contributed by atoms with E-state index in [0.717, 1.165) is 5.56 Å². The molecular formula is C11H8N2O2. The van der Waals surface area contributed by atoms with Crippen LogP contribution in [0.3, 0.4) is 0 Å². The minimum absolute atomic E-state index is 0.478. The van der Waals surface area contributed by atoms with E-state index in [1.807, 2.05) is 0 Å². The molecule has 0 heterocycles. The molecule has 74 valence electrons. The quantitative estimate of drug-likeness (QED) is 0.425. The first-order valence-electron chi connectivity index (χ1n) is 4.21. The van der Waals surface area contributed by atoms with E-state index in [1.54, 1.807) is 24.3 Å². The average Bonchev–Trinajstić information content (AvgIpc) is 2.23. The third-order valence-corrected chi connectivity index (χ3v) is 1.77. The maximum absolute atomic E-state index is 10.1. The highest BCUT2D eigenvalue weighted by molar-refractivity contribution is 5.60. The normalized spacial score (nSPS) is 8.53. The Morgan fingerprint density at radius 3 is 2.60 bits per heavy atom. The smallest absolute Gasteiger partial charge is 0.211 e. The number of hydrogen-bond acceptors (Lipinski definition) is 4. The van der Waals surface area contributed by atoms with Gasteiger partial charge in [0.1, 0.15) is 0 Å². The van der Waals surface area contributed by atoms with Crippen LogP contribution in [0.5, 0.6) is 0 Å². The standard InChI is InChI=1S/C11H8N2O2/c1-2-3-9-6-10(12-7-14)4-5-11(9)13-8-15/h2,4-6H,1,3H2. The summed E-state index contributed by atoms with van der Waals surface area (Å²) in [6, 6.07) is 4.83. The number of benzene rings is 1. The summed E-state index contributed by atoms with van der Waals surface area (Å²) in [5, 5.41) is 0. The molecule has 1 aromatic rings. The lowest BCUT2D eigenvalue weighted by molar-refractivity contribution is 0.564. The Kier molecular flexibility index (Phi) is 3.92. The van der Waals surface area contributed by atoms with E-state index in [9.17, 15) is 9.59 Å². The van der Waals surface area contributed by atoms with E-state index in [1.165, 1.54) is 12.2 Å². The third kappa shape index (κ3) is 2.85. The number of hydrogen-bond donors (Lipinski definition) is 0. The summed E-state index contributed by atoms with van der Waals surface area (Å²) in [4.78, 5) is 27.2. The second-order valence-electron chi connectivity index (χ2n) is 2.71. The van der Waals surface area contributed by atoms with Gasteiger partial charge >= 0.3 is 0 Å². The average molecular weight is 200 g/mol. The Balaban J connectivity index is 3.24. The molecule has 0 fully saturated rings. The number of isocyanates is 2. The molecule has 1 rings (SSSR count). The summed E-state index contributed by atoms with van der Waals surface area (Å²) in [6.07, 6.45) is 5.13. The number of aliphatic imine (C=N–C) groups is 2. The van der Waals surface area contributed by atoms with Gasteiger partial charge in [-0.25, -0.2) is 9.59 Å². The van der Waals surface area contributed by atoms with Gasteiger partial charge in [-0.15, -0.1) is 6.58 Å². The van der Waals surface area contributed by atoms with Crippen molar-refractivity contribution in [1.82, 2.24) is 0 Å². The highest BCUT2D eigenvalue weighted by atomic mass is 16.1. The molecule has 0 aliphatic carbocycles. The predicted octanol–water partition coefficient (Wildman–Crippen LogP) is 2.35. The van der Waals surface area contributed by atoms with Gasteiger partial charge in [-0.3, -0.25) is 0 Å². The van der Waals surface area contributed by atoms with Gasteiger partial charge in [0.2, 0.25) is 12.2 Å². The van der Waals surface area contributed by atoms with Crippen LogP contribution in [0.1, 0.15) is 5.56 Å². The van der Waals surface area contributed by atoms with Crippen LogP contribution in [-0.4, -0.2) is 12.2 Å². The molecule has 0 aromatic heterocycles. The maximum atomic E-state index is 10.1. The van der Waals surface area contributed by atoms with Gasteiger partial charge in [0.15, 0.2) is 0 Å². The first-order chi connectivity index (χ1) is 7.31. The van der Waals surface area contributed by atoms with Crippen molar-refractivity contribution in [1.29, 1.82) is 0 Å². The monoisotopic (exact) mass is 200 g/mol.